The van der Waals surface area contributed by atoms with Crippen molar-refractivity contribution in [2.45, 2.75) is 38.1 Å². The van der Waals surface area contributed by atoms with E-state index in [1.165, 1.54) is 0 Å². The number of carbonyl (C=O) groups excluding carboxylic acids is 1. The van der Waals surface area contributed by atoms with E-state index in [2.05, 4.69) is 5.32 Å². The molecule has 1 amide bonds. The number of rotatable bonds is 11. The fourth-order valence-electron chi connectivity index (χ4n) is 3.13. The molecule has 2 aromatic carbocycles. The smallest absolute Gasteiger partial charge is 0.306 e. The number of carboxylic acid groups (broad SMARTS) is 2. The van der Waals surface area contributed by atoms with Gasteiger partial charge in [0.05, 0.1) is 12.3 Å². The number of hydrogen-bond acceptors (Lipinski definition) is 3. The molecule has 0 aliphatic carbocycles. The van der Waals surface area contributed by atoms with Crippen LogP contribution >= 0.6 is 0 Å². The third-order valence-electron chi connectivity index (χ3n) is 4.50. The lowest BCUT2D eigenvalue weighted by molar-refractivity contribution is -0.142. The highest BCUT2D eigenvalue weighted by Gasteiger charge is 2.24. The Labute approximate surface area is 164 Å². The maximum atomic E-state index is 12.1. The molecule has 0 aliphatic rings. The summed E-state index contributed by atoms with van der Waals surface area (Å²) in [6, 6.07) is 18.5. The SMILES string of the molecule is O=C(O)CCC(=O)NC(Cc1ccccc1)C[C@@H](Cc1ccccc1)C(=O)O. The van der Waals surface area contributed by atoms with Crippen LogP contribution in [0.4, 0.5) is 0 Å². The van der Waals surface area contributed by atoms with Crippen molar-refractivity contribution in [1.82, 2.24) is 5.32 Å². The van der Waals surface area contributed by atoms with E-state index in [1.54, 1.807) is 0 Å². The highest BCUT2D eigenvalue weighted by Crippen LogP contribution is 2.18. The van der Waals surface area contributed by atoms with E-state index in [9.17, 15) is 19.5 Å². The first-order chi connectivity index (χ1) is 13.4. The first-order valence-electron chi connectivity index (χ1n) is 9.26. The molecule has 0 fully saturated rings. The first kappa shape index (κ1) is 21.2. The molecule has 6 heteroatoms. The molecule has 0 spiro atoms. The zero-order chi connectivity index (χ0) is 20.4. The number of aliphatic carboxylic acids is 2. The topological polar surface area (TPSA) is 104 Å². The van der Waals surface area contributed by atoms with E-state index < -0.39 is 23.9 Å². The Kier molecular flexibility index (Phi) is 8.21. The highest BCUT2D eigenvalue weighted by molar-refractivity contribution is 5.81. The van der Waals surface area contributed by atoms with Crippen molar-refractivity contribution in [1.29, 1.82) is 0 Å². The van der Waals surface area contributed by atoms with E-state index in [4.69, 9.17) is 5.11 Å². The van der Waals surface area contributed by atoms with Crippen molar-refractivity contribution in [2.24, 2.45) is 5.92 Å². The van der Waals surface area contributed by atoms with Crippen molar-refractivity contribution >= 4 is 17.8 Å². The molecule has 28 heavy (non-hydrogen) atoms. The average molecular weight is 383 g/mol. The van der Waals surface area contributed by atoms with Crippen LogP contribution in [0.25, 0.3) is 0 Å². The summed E-state index contributed by atoms with van der Waals surface area (Å²) in [6.45, 7) is 0. The first-order valence-corrected chi connectivity index (χ1v) is 9.26. The van der Waals surface area contributed by atoms with Gasteiger partial charge in [0.2, 0.25) is 5.91 Å². The predicted molar refractivity (Wildman–Crippen MR) is 105 cm³/mol. The van der Waals surface area contributed by atoms with Gasteiger partial charge in [-0.2, -0.15) is 0 Å². The minimum absolute atomic E-state index is 0.128. The molecule has 6 nitrogen and oxygen atoms in total. The van der Waals surface area contributed by atoms with Crippen molar-refractivity contribution < 1.29 is 24.6 Å². The molecule has 2 aromatic rings. The summed E-state index contributed by atoms with van der Waals surface area (Å²) in [5, 5.41) is 21.3. The molecule has 0 radical (unpaired) electrons. The molecule has 0 saturated carbocycles. The molecular formula is C22H25NO5. The molecule has 0 bridgehead atoms. The Hall–Kier alpha value is -3.15. The van der Waals surface area contributed by atoms with E-state index >= 15 is 0 Å². The molecule has 0 aliphatic heterocycles. The van der Waals surface area contributed by atoms with Crippen LogP contribution in [0, 0.1) is 5.92 Å². The second-order valence-electron chi connectivity index (χ2n) is 6.81. The Morgan fingerprint density at radius 3 is 1.82 bits per heavy atom. The van der Waals surface area contributed by atoms with Crippen molar-refractivity contribution in [3.63, 3.8) is 0 Å². The second kappa shape index (κ2) is 10.9. The number of nitrogens with one attached hydrogen (secondary N) is 1. The van der Waals surface area contributed by atoms with Gasteiger partial charge in [-0.1, -0.05) is 60.7 Å². The van der Waals surface area contributed by atoms with Gasteiger partial charge < -0.3 is 15.5 Å². The van der Waals surface area contributed by atoms with E-state index in [0.29, 0.717) is 12.8 Å². The quantitative estimate of drug-likeness (QED) is 0.553. The van der Waals surface area contributed by atoms with Gasteiger partial charge in [0, 0.05) is 12.5 Å². The van der Waals surface area contributed by atoms with Gasteiger partial charge in [0.15, 0.2) is 0 Å². The monoisotopic (exact) mass is 383 g/mol. The summed E-state index contributed by atoms with van der Waals surface area (Å²) >= 11 is 0. The summed E-state index contributed by atoms with van der Waals surface area (Å²) in [5.41, 5.74) is 1.90. The van der Waals surface area contributed by atoms with Gasteiger partial charge in [-0.25, -0.2) is 0 Å². The van der Waals surface area contributed by atoms with Crippen LogP contribution in [-0.2, 0) is 27.2 Å². The van der Waals surface area contributed by atoms with Crippen LogP contribution in [-0.4, -0.2) is 34.1 Å². The zero-order valence-corrected chi connectivity index (χ0v) is 15.6. The summed E-state index contributed by atoms with van der Waals surface area (Å²) in [4.78, 5) is 34.6. The number of carbonyl (C=O) groups is 3. The van der Waals surface area contributed by atoms with E-state index in [0.717, 1.165) is 11.1 Å². The summed E-state index contributed by atoms with van der Waals surface area (Å²) in [6.07, 6.45) is 0.732. The molecule has 3 N–H and O–H groups in total. The van der Waals surface area contributed by atoms with Gasteiger partial charge in [-0.3, -0.25) is 14.4 Å². The molecular weight excluding hydrogens is 358 g/mol. The summed E-state index contributed by atoms with van der Waals surface area (Å²) in [7, 11) is 0. The molecule has 2 rings (SSSR count). The van der Waals surface area contributed by atoms with Gasteiger partial charge in [0.25, 0.3) is 0 Å². The van der Waals surface area contributed by atoms with Crippen molar-refractivity contribution in [2.75, 3.05) is 0 Å². The largest absolute Gasteiger partial charge is 0.481 e. The molecule has 0 heterocycles. The molecule has 148 valence electrons. The second-order valence-corrected chi connectivity index (χ2v) is 6.81. The molecule has 2 atom stereocenters. The minimum Gasteiger partial charge on any atom is -0.481 e. The van der Waals surface area contributed by atoms with Crippen molar-refractivity contribution in [3.8, 4) is 0 Å². The number of hydrogen-bond donors (Lipinski definition) is 3. The molecule has 0 aromatic heterocycles. The summed E-state index contributed by atoms with van der Waals surface area (Å²) in [5.74, 6) is -2.99. The lowest BCUT2D eigenvalue weighted by atomic mass is 9.90. The maximum absolute atomic E-state index is 12.1. The van der Waals surface area contributed by atoms with Crippen LogP contribution in [0.2, 0.25) is 0 Å². The average Bonchev–Trinajstić information content (AvgIpc) is 2.67. The predicted octanol–water partition coefficient (Wildman–Crippen LogP) is 2.91. The van der Waals surface area contributed by atoms with Gasteiger partial charge in [-0.15, -0.1) is 0 Å². The third-order valence-corrected chi connectivity index (χ3v) is 4.50. The molecule has 1 unspecified atom stereocenters. The Morgan fingerprint density at radius 1 is 0.786 bits per heavy atom. The zero-order valence-electron chi connectivity index (χ0n) is 15.6. The maximum Gasteiger partial charge on any atom is 0.306 e. The van der Waals surface area contributed by atoms with Crippen LogP contribution in [0.1, 0.15) is 30.4 Å². The minimum atomic E-state index is -1.04. The fraction of sp³-hybridized carbons (Fsp3) is 0.318. The number of amides is 1. The van der Waals surface area contributed by atoms with Crippen LogP contribution < -0.4 is 5.32 Å². The summed E-state index contributed by atoms with van der Waals surface area (Å²) < 4.78 is 0. The van der Waals surface area contributed by atoms with Crippen molar-refractivity contribution in [3.05, 3.63) is 71.8 Å². The van der Waals surface area contributed by atoms with E-state index in [1.807, 2.05) is 60.7 Å². The molecule has 0 saturated heterocycles. The lowest BCUT2D eigenvalue weighted by Crippen LogP contribution is -2.39. The third kappa shape index (κ3) is 7.61. The fourth-order valence-corrected chi connectivity index (χ4v) is 3.13. The Balaban J connectivity index is 2.09. The van der Waals surface area contributed by atoms with E-state index in [-0.39, 0.29) is 25.2 Å². The Bertz CT molecular complexity index is 776. The van der Waals surface area contributed by atoms with Crippen LogP contribution in [0.3, 0.4) is 0 Å². The van der Waals surface area contributed by atoms with Crippen LogP contribution in [0.5, 0.6) is 0 Å². The highest BCUT2D eigenvalue weighted by atomic mass is 16.4. The van der Waals surface area contributed by atoms with Gasteiger partial charge in [-0.05, 0) is 30.4 Å². The van der Waals surface area contributed by atoms with Gasteiger partial charge >= 0.3 is 11.9 Å². The van der Waals surface area contributed by atoms with Crippen LogP contribution in [0.15, 0.2) is 60.7 Å². The van der Waals surface area contributed by atoms with Gasteiger partial charge in [0.1, 0.15) is 0 Å². The standard InChI is InChI=1S/C22H25NO5/c24-20(11-12-21(25)26)23-19(14-17-9-5-2-6-10-17)15-18(22(27)28)13-16-7-3-1-4-8-16/h1-10,18-19H,11-15H2,(H,23,24)(H,25,26)(H,27,28)/t18-,19?/m1/s1. The normalized spacial score (nSPS) is 12.7. The Morgan fingerprint density at radius 2 is 1.32 bits per heavy atom. The number of carboxylic acids is 2. The lowest BCUT2D eigenvalue weighted by Gasteiger charge is -2.23. The number of benzene rings is 2.